The first-order valence-electron chi connectivity index (χ1n) is 8.57. The van der Waals surface area contributed by atoms with E-state index in [-0.39, 0.29) is 18.6 Å². The molecule has 6 heteroatoms. The number of nitrogens with zero attached hydrogens (tertiary/aromatic N) is 1. The molecule has 2 aliphatic rings. The lowest BCUT2D eigenvalue weighted by Crippen LogP contribution is -2.34. The molecule has 2 heterocycles. The quantitative estimate of drug-likeness (QED) is 0.508. The van der Waals surface area contributed by atoms with E-state index in [1.165, 1.54) is 5.56 Å². The molecule has 26 heavy (non-hydrogen) atoms. The van der Waals surface area contributed by atoms with Crippen LogP contribution < -0.4 is 14.2 Å². The van der Waals surface area contributed by atoms with Gasteiger partial charge in [-0.15, -0.1) is 0 Å². The highest BCUT2D eigenvalue weighted by molar-refractivity contribution is 14.1. The number of ketones is 1. The first kappa shape index (κ1) is 17.6. The fourth-order valence-corrected chi connectivity index (χ4v) is 4.07. The van der Waals surface area contributed by atoms with Gasteiger partial charge in [0.2, 0.25) is 12.5 Å². The molecular formula is C20H20INO4. The Morgan fingerprint density at radius 3 is 2.81 bits per heavy atom. The number of rotatable bonds is 4. The number of fused-ring (bicyclic) bond motifs is 2. The molecule has 2 aromatic rings. The van der Waals surface area contributed by atoms with Crippen LogP contribution in [0.15, 0.2) is 30.3 Å². The summed E-state index contributed by atoms with van der Waals surface area (Å²) in [6.45, 7) is 1.09. The molecule has 0 radical (unpaired) electrons. The zero-order valence-electron chi connectivity index (χ0n) is 14.8. The molecule has 2 aliphatic heterocycles. The number of methoxy groups -OCH3 is 1. The second kappa shape index (κ2) is 7.08. The Balaban J connectivity index is 1.71. The van der Waals surface area contributed by atoms with E-state index < -0.39 is 0 Å². The Labute approximate surface area is 166 Å². The third kappa shape index (κ3) is 3.05. The van der Waals surface area contributed by atoms with Crippen LogP contribution in [0.2, 0.25) is 0 Å². The minimum Gasteiger partial charge on any atom is -0.492 e. The van der Waals surface area contributed by atoms with Crippen LogP contribution in [0.25, 0.3) is 0 Å². The molecule has 1 atom stereocenters. The highest BCUT2D eigenvalue weighted by atomic mass is 127. The number of Topliss-reactive ketones (excluding diaryl/α,β-unsaturated/α-hetero) is 1. The van der Waals surface area contributed by atoms with E-state index in [1.807, 2.05) is 30.3 Å². The summed E-state index contributed by atoms with van der Waals surface area (Å²) in [6.07, 6.45) is 1.30. The van der Waals surface area contributed by atoms with Crippen molar-refractivity contribution in [3.63, 3.8) is 0 Å². The third-order valence-corrected chi connectivity index (χ3v) is 5.81. The van der Waals surface area contributed by atoms with Crippen LogP contribution in [-0.4, -0.2) is 38.2 Å². The Bertz CT molecular complexity index is 850. The molecule has 136 valence electrons. The van der Waals surface area contributed by atoms with E-state index in [0.29, 0.717) is 17.9 Å². The van der Waals surface area contributed by atoms with Crippen molar-refractivity contribution in [2.45, 2.75) is 18.9 Å². The molecule has 0 amide bonds. The van der Waals surface area contributed by atoms with Gasteiger partial charge in [-0.3, -0.25) is 9.69 Å². The largest absolute Gasteiger partial charge is 0.492 e. The van der Waals surface area contributed by atoms with Crippen LogP contribution >= 0.6 is 22.6 Å². The molecule has 4 rings (SSSR count). The minimum atomic E-state index is -0.0463. The average molecular weight is 465 g/mol. The highest BCUT2D eigenvalue weighted by Crippen LogP contribution is 2.50. The summed E-state index contributed by atoms with van der Waals surface area (Å²) < 4.78 is 18.0. The van der Waals surface area contributed by atoms with E-state index >= 15 is 0 Å². The molecule has 0 fully saturated rings. The number of hydrogen-bond acceptors (Lipinski definition) is 5. The lowest BCUT2D eigenvalue weighted by atomic mass is 9.87. The summed E-state index contributed by atoms with van der Waals surface area (Å²) in [5, 5.41) is 0. The van der Waals surface area contributed by atoms with Crippen LogP contribution in [0.4, 0.5) is 0 Å². The summed E-state index contributed by atoms with van der Waals surface area (Å²) >= 11 is 2.24. The molecule has 0 unspecified atom stereocenters. The maximum absolute atomic E-state index is 12.9. The predicted molar refractivity (Wildman–Crippen MR) is 106 cm³/mol. The predicted octanol–water partition coefficient (Wildman–Crippen LogP) is 3.83. The first-order chi connectivity index (χ1) is 12.6. The van der Waals surface area contributed by atoms with Crippen LogP contribution in [-0.2, 0) is 6.42 Å². The van der Waals surface area contributed by atoms with Crippen molar-refractivity contribution in [2.75, 3.05) is 27.5 Å². The monoisotopic (exact) mass is 465 g/mol. The molecule has 0 spiro atoms. The average Bonchev–Trinajstić information content (AvgIpc) is 3.11. The van der Waals surface area contributed by atoms with E-state index in [1.54, 1.807) is 7.11 Å². The van der Waals surface area contributed by atoms with Crippen molar-refractivity contribution in [2.24, 2.45) is 0 Å². The van der Waals surface area contributed by atoms with Gasteiger partial charge >= 0.3 is 0 Å². The smallest absolute Gasteiger partial charge is 0.231 e. The molecule has 0 saturated heterocycles. The van der Waals surface area contributed by atoms with E-state index in [9.17, 15) is 4.79 Å². The summed E-state index contributed by atoms with van der Waals surface area (Å²) in [4.78, 5) is 15.1. The molecule has 5 nitrogen and oxygen atoms in total. The molecule has 0 saturated carbocycles. The van der Waals surface area contributed by atoms with Gasteiger partial charge in [0, 0.05) is 33.7 Å². The minimum absolute atomic E-state index is 0.0463. The second-order valence-corrected chi connectivity index (χ2v) is 7.84. The molecule has 0 N–H and O–H groups in total. The van der Waals surface area contributed by atoms with Crippen molar-refractivity contribution in [3.05, 3.63) is 50.6 Å². The Morgan fingerprint density at radius 1 is 1.31 bits per heavy atom. The summed E-state index contributed by atoms with van der Waals surface area (Å²) in [7, 11) is 3.70. The lowest BCUT2D eigenvalue weighted by Gasteiger charge is -2.35. The zero-order chi connectivity index (χ0) is 18.3. The van der Waals surface area contributed by atoms with Gasteiger partial charge in [-0.1, -0.05) is 12.1 Å². The standard InChI is InChI=1S/C20H20INO4/c1-22-8-7-13-9-17-19(26-11-25-17)20(24-2)18(13)15(22)10-16(23)12-3-5-14(21)6-4-12/h3-6,9,15H,7-8,10-11H2,1-2H3/t15-/m0/s1. The van der Waals surface area contributed by atoms with Crippen LogP contribution in [0.3, 0.4) is 0 Å². The fourth-order valence-electron chi connectivity index (χ4n) is 3.71. The maximum atomic E-state index is 12.9. The van der Waals surface area contributed by atoms with Crippen molar-refractivity contribution in [3.8, 4) is 17.2 Å². The maximum Gasteiger partial charge on any atom is 0.231 e. The number of halogens is 1. The summed E-state index contributed by atoms with van der Waals surface area (Å²) in [5.74, 6) is 2.20. The normalized spacial score (nSPS) is 18.5. The lowest BCUT2D eigenvalue weighted by molar-refractivity contribution is 0.0925. The van der Waals surface area contributed by atoms with Gasteiger partial charge in [-0.25, -0.2) is 0 Å². The summed E-state index contributed by atoms with van der Waals surface area (Å²) in [6, 6.07) is 9.70. The van der Waals surface area contributed by atoms with Crippen LogP contribution in [0.1, 0.15) is 33.9 Å². The van der Waals surface area contributed by atoms with Crippen molar-refractivity contribution >= 4 is 28.4 Å². The number of benzene rings is 2. The third-order valence-electron chi connectivity index (χ3n) is 5.09. The molecule has 0 aromatic heterocycles. The van der Waals surface area contributed by atoms with Gasteiger partial charge in [0.25, 0.3) is 0 Å². The highest BCUT2D eigenvalue weighted by Gasteiger charge is 2.35. The van der Waals surface area contributed by atoms with Gasteiger partial charge in [-0.05, 0) is 59.8 Å². The molecule has 2 aromatic carbocycles. The van der Waals surface area contributed by atoms with Crippen molar-refractivity contribution in [1.82, 2.24) is 4.90 Å². The van der Waals surface area contributed by atoms with Gasteiger partial charge in [-0.2, -0.15) is 0 Å². The van der Waals surface area contributed by atoms with Gasteiger partial charge in [0.1, 0.15) is 0 Å². The number of hydrogen-bond donors (Lipinski definition) is 0. The van der Waals surface area contributed by atoms with Crippen molar-refractivity contribution in [1.29, 1.82) is 0 Å². The van der Waals surface area contributed by atoms with E-state index in [0.717, 1.165) is 33.4 Å². The molecule has 0 bridgehead atoms. The second-order valence-electron chi connectivity index (χ2n) is 6.60. The topological polar surface area (TPSA) is 48.0 Å². The first-order valence-corrected chi connectivity index (χ1v) is 9.64. The Kier molecular flexibility index (Phi) is 4.79. The zero-order valence-corrected chi connectivity index (χ0v) is 16.9. The number of likely N-dealkylation sites (N-methyl/N-ethyl adjacent to an activating group) is 1. The Hall–Kier alpha value is -1.80. The number of ether oxygens (including phenoxy) is 3. The van der Waals surface area contributed by atoms with Crippen LogP contribution in [0.5, 0.6) is 17.2 Å². The SMILES string of the molecule is COc1c2c(cc3c1[C@H](CC(=O)c1ccc(I)cc1)N(C)CC3)OCO2. The van der Waals surface area contributed by atoms with E-state index in [4.69, 9.17) is 14.2 Å². The van der Waals surface area contributed by atoms with Gasteiger partial charge in [0.15, 0.2) is 17.3 Å². The van der Waals surface area contributed by atoms with E-state index in [2.05, 4.69) is 34.5 Å². The fraction of sp³-hybridized carbons (Fsp3) is 0.350. The van der Waals surface area contributed by atoms with Crippen LogP contribution in [0, 0.1) is 3.57 Å². The summed E-state index contributed by atoms with van der Waals surface area (Å²) in [5.41, 5.74) is 2.96. The molecular weight excluding hydrogens is 445 g/mol. The Morgan fingerprint density at radius 2 is 2.08 bits per heavy atom. The number of carbonyl (C=O) groups is 1. The van der Waals surface area contributed by atoms with Gasteiger partial charge in [0.05, 0.1) is 7.11 Å². The van der Waals surface area contributed by atoms with Gasteiger partial charge < -0.3 is 14.2 Å². The molecule has 0 aliphatic carbocycles. The van der Waals surface area contributed by atoms with Crippen molar-refractivity contribution < 1.29 is 19.0 Å². The number of carbonyl (C=O) groups excluding carboxylic acids is 1.